The fourth-order valence-corrected chi connectivity index (χ4v) is 3.84. The number of halogens is 1. The van der Waals surface area contributed by atoms with Gasteiger partial charge in [0.25, 0.3) is 5.91 Å². The maximum absolute atomic E-state index is 13.5. The van der Waals surface area contributed by atoms with Crippen molar-refractivity contribution >= 4 is 17.3 Å². The van der Waals surface area contributed by atoms with Gasteiger partial charge in [-0.3, -0.25) is 9.69 Å². The van der Waals surface area contributed by atoms with Gasteiger partial charge in [0.2, 0.25) is 0 Å². The second kappa shape index (κ2) is 8.55. The number of carbonyl (C=O) groups excluding carboxylic acids is 1. The van der Waals surface area contributed by atoms with Crippen LogP contribution in [0.1, 0.15) is 27.7 Å². The number of anilines is 2. The van der Waals surface area contributed by atoms with Crippen LogP contribution in [0.15, 0.2) is 103 Å². The van der Waals surface area contributed by atoms with Crippen molar-refractivity contribution < 1.29 is 13.9 Å². The first-order valence-electron chi connectivity index (χ1n) is 10.4. The minimum atomic E-state index is -0.439. The molecule has 4 aromatic carbocycles. The number of hydrogen-bond donors (Lipinski definition) is 1. The Morgan fingerprint density at radius 3 is 2.25 bits per heavy atom. The van der Waals surface area contributed by atoms with E-state index in [0.717, 1.165) is 22.6 Å². The third-order valence-corrected chi connectivity index (χ3v) is 5.48. The molecule has 158 valence electrons. The zero-order valence-electron chi connectivity index (χ0n) is 17.2. The fourth-order valence-electron chi connectivity index (χ4n) is 3.84. The van der Waals surface area contributed by atoms with Crippen LogP contribution in [-0.4, -0.2) is 5.91 Å². The summed E-state index contributed by atoms with van der Waals surface area (Å²) < 4.78 is 19.4. The van der Waals surface area contributed by atoms with Gasteiger partial charge in [0, 0.05) is 11.4 Å². The van der Waals surface area contributed by atoms with Gasteiger partial charge in [0.1, 0.15) is 24.3 Å². The maximum Gasteiger partial charge on any atom is 0.262 e. The molecule has 1 heterocycles. The predicted molar refractivity (Wildman–Crippen MR) is 123 cm³/mol. The summed E-state index contributed by atoms with van der Waals surface area (Å²) >= 11 is 0. The Labute approximate surface area is 185 Å². The number of ether oxygens (including phenoxy) is 1. The lowest BCUT2D eigenvalue weighted by atomic mass is 10.0. The molecule has 32 heavy (non-hydrogen) atoms. The zero-order valence-corrected chi connectivity index (χ0v) is 17.2. The molecule has 1 aliphatic rings. The Bertz CT molecular complexity index is 1220. The average Bonchev–Trinajstić information content (AvgIpc) is 2.84. The number of amides is 1. The summed E-state index contributed by atoms with van der Waals surface area (Å²) in [6.07, 6.45) is -0.439. The zero-order chi connectivity index (χ0) is 21.9. The van der Waals surface area contributed by atoms with Crippen LogP contribution in [0.4, 0.5) is 15.8 Å². The maximum atomic E-state index is 13.5. The molecule has 0 saturated heterocycles. The molecule has 0 unspecified atom stereocenters. The quantitative estimate of drug-likeness (QED) is 0.416. The lowest BCUT2D eigenvalue weighted by Gasteiger charge is -2.38. The smallest absolute Gasteiger partial charge is 0.262 e. The van der Waals surface area contributed by atoms with Crippen LogP contribution in [0.5, 0.6) is 5.75 Å². The first-order valence-corrected chi connectivity index (χ1v) is 10.4. The Balaban J connectivity index is 1.44. The van der Waals surface area contributed by atoms with E-state index in [1.165, 1.54) is 12.1 Å². The standard InChI is InChI=1S/C27H21FN2O2/c28-21-12-14-22(15-13-21)30-26(29-25-9-5-4-8-24(25)27(30)31)20-10-16-23(17-11-20)32-18-19-6-2-1-3-7-19/h1-17,26,29H,18H2/t26-/m0/s1. The van der Waals surface area contributed by atoms with Crippen molar-refractivity contribution in [2.75, 3.05) is 10.2 Å². The Hall–Kier alpha value is -4.12. The second-order valence-corrected chi connectivity index (χ2v) is 7.59. The van der Waals surface area contributed by atoms with Gasteiger partial charge in [-0.05, 0) is 59.7 Å². The first-order chi connectivity index (χ1) is 15.7. The molecule has 1 aliphatic heterocycles. The number of nitrogens with zero attached hydrogens (tertiary/aromatic N) is 1. The molecular formula is C27H21FN2O2. The van der Waals surface area contributed by atoms with Crippen LogP contribution in [0.2, 0.25) is 0 Å². The molecule has 0 saturated carbocycles. The molecule has 5 rings (SSSR count). The highest BCUT2D eigenvalue weighted by Crippen LogP contribution is 2.37. The topological polar surface area (TPSA) is 41.6 Å². The van der Waals surface area contributed by atoms with E-state index in [4.69, 9.17) is 4.74 Å². The highest BCUT2D eigenvalue weighted by Gasteiger charge is 2.34. The van der Waals surface area contributed by atoms with Gasteiger partial charge >= 0.3 is 0 Å². The normalized spacial score (nSPS) is 15.1. The molecule has 1 N–H and O–H groups in total. The minimum Gasteiger partial charge on any atom is -0.489 e. The van der Waals surface area contributed by atoms with E-state index in [9.17, 15) is 9.18 Å². The van der Waals surface area contributed by atoms with Gasteiger partial charge in [0.15, 0.2) is 0 Å². The second-order valence-electron chi connectivity index (χ2n) is 7.59. The van der Waals surface area contributed by atoms with E-state index < -0.39 is 6.17 Å². The van der Waals surface area contributed by atoms with Crippen molar-refractivity contribution in [2.45, 2.75) is 12.8 Å². The van der Waals surface area contributed by atoms with Crippen molar-refractivity contribution in [2.24, 2.45) is 0 Å². The summed E-state index contributed by atoms with van der Waals surface area (Å²) in [5, 5.41) is 3.45. The Morgan fingerprint density at radius 1 is 0.812 bits per heavy atom. The summed E-state index contributed by atoms with van der Waals surface area (Å²) in [4.78, 5) is 15.0. The molecule has 1 amide bonds. The number of carbonyl (C=O) groups is 1. The summed E-state index contributed by atoms with van der Waals surface area (Å²) in [5.74, 6) is 0.261. The van der Waals surface area contributed by atoms with Crippen LogP contribution in [0.3, 0.4) is 0 Å². The van der Waals surface area contributed by atoms with E-state index >= 15 is 0 Å². The molecular weight excluding hydrogens is 403 g/mol. The molecule has 0 bridgehead atoms. The van der Waals surface area contributed by atoms with Gasteiger partial charge in [-0.2, -0.15) is 0 Å². The van der Waals surface area contributed by atoms with Crippen LogP contribution >= 0.6 is 0 Å². The van der Waals surface area contributed by atoms with E-state index in [1.807, 2.05) is 72.8 Å². The number of para-hydroxylation sites is 1. The highest BCUT2D eigenvalue weighted by atomic mass is 19.1. The van der Waals surface area contributed by atoms with Crippen LogP contribution in [0, 0.1) is 5.82 Å². The highest BCUT2D eigenvalue weighted by molar-refractivity contribution is 6.12. The van der Waals surface area contributed by atoms with E-state index in [-0.39, 0.29) is 11.7 Å². The van der Waals surface area contributed by atoms with Crippen molar-refractivity contribution in [3.05, 3.63) is 126 Å². The van der Waals surface area contributed by atoms with Gasteiger partial charge in [-0.25, -0.2) is 4.39 Å². The number of benzene rings is 4. The molecule has 1 atom stereocenters. The third kappa shape index (κ3) is 3.93. The molecule has 0 radical (unpaired) electrons. The van der Waals surface area contributed by atoms with Gasteiger partial charge < -0.3 is 10.1 Å². The monoisotopic (exact) mass is 424 g/mol. The minimum absolute atomic E-state index is 0.139. The number of fused-ring (bicyclic) bond motifs is 1. The van der Waals surface area contributed by atoms with E-state index in [2.05, 4.69) is 5.32 Å². The molecule has 4 nitrogen and oxygen atoms in total. The Morgan fingerprint density at radius 2 is 1.50 bits per heavy atom. The fraction of sp³-hybridized carbons (Fsp3) is 0.0741. The van der Waals surface area contributed by atoms with Gasteiger partial charge in [0.05, 0.1) is 5.56 Å². The molecule has 5 heteroatoms. The predicted octanol–water partition coefficient (Wildman–Crippen LogP) is 6.18. The van der Waals surface area contributed by atoms with Gasteiger partial charge in [-0.1, -0.05) is 54.6 Å². The van der Waals surface area contributed by atoms with Crippen molar-refractivity contribution in [1.82, 2.24) is 0 Å². The lowest BCUT2D eigenvalue weighted by molar-refractivity contribution is 0.0975. The number of rotatable bonds is 5. The molecule has 4 aromatic rings. The molecule has 0 spiro atoms. The van der Waals surface area contributed by atoms with Crippen molar-refractivity contribution in [1.29, 1.82) is 0 Å². The number of hydrogen-bond acceptors (Lipinski definition) is 3. The lowest BCUT2D eigenvalue weighted by Crippen LogP contribution is -2.43. The molecule has 0 aliphatic carbocycles. The Kier molecular flexibility index (Phi) is 5.30. The number of nitrogens with one attached hydrogen (secondary N) is 1. The largest absolute Gasteiger partial charge is 0.489 e. The average molecular weight is 424 g/mol. The molecule has 0 fully saturated rings. The summed E-state index contributed by atoms with van der Waals surface area (Å²) in [7, 11) is 0. The summed E-state index contributed by atoms with van der Waals surface area (Å²) in [6.45, 7) is 0.482. The van der Waals surface area contributed by atoms with Crippen LogP contribution < -0.4 is 15.0 Å². The summed E-state index contributed by atoms with van der Waals surface area (Å²) in [5.41, 5.74) is 3.95. The van der Waals surface area contributed by atoms with Crippen molar-refractivity contribution in [3.8, 4) is 5.75 Å². The third-order valence-electron chi connectivity index (χ3n) is 5.48. The van der Waals surface area contributed by atoms with Crippen LogP contribution in [0.25, 0.3) is 0 Å². The molecule has 0 aromatic heterocycles. The van der Waals surface area contributed by atoms with E-state index in [0.29, 0.717) is 17.9 Å². The van der Waals surface area contributed by atoms with Crippen molar-refractivity contribution in [3.63, 3.8) is 0 Å². The van der Waals surface area contributed by atoms with E-state index in [1.54, 1.807) is 23.1 Å². The summed E-state index contributed by atoms with van der Waals surface area (Å²) in [6, 6.07) is 31.0. The van der Waals surface area contributed by atoms with Crippen LogP contribution in [-0.2, 0) is 6.61 Å². The van der Waals surface area contributed by atoms with Gasteiger partial charge in [-0.15, -0.1) is 0 Å². The SMILES string of the molecule is O=C1c2ccccc2N[C@H](c2ccc(OCc3ccccc3)cc2)N1c1ccc(F)cc1. The first kappa shape index (κ1) is 19.8.